The Balaban J connectivity index is 3.31. The highest BCUT2D eigenvalue weighted by Crippen LogP contribution is 2.19. The predicted molar refractivity (Wildman–Crippen MR) is 320 cm³/mol. The van der Waals surface area contributed by atoms with Crippen LogP contribution in [-0.4, -0.2) is 47.4 Å². The van der Waals surface area contributed by atoms with E-state index in [2.05, 4.69) is 31.3 Å². The molecule has 2 unspecified atom stereocenters. The third kappa shape index (κ3) is 59.7. The molecule has 3 N–H and O–H groups in total. The number of hydrogen-bond donors (Lipinski definition) is 3. The maximum Gasteiger partial charge on any atom is 0.305 e. The van der Waals surface area contributed by atoms with Crippen LogP contribution in [-0.2, 0) is 14.3 Å². The number of ether oxygens (including phenoxy) is 1. The zero-order valence-electron chi connectivity index (χ0n) is 49.6. The van der Waals surface area contributed by atoms with Crippen molar-refractivity contribution in [1.29, 1.82) is 0 Å². The van der Waals surface area contributed by atoms with E-state index in [4.69, 9.17) is 4.74 Å². The number of carbonyl (C=O) groups is 2. The number of esters is 1. The second kappa shape index (κ2) is 63.1. The van der Waals surface area contributed by atoms with Crippen LogP contribution in [0.5, 0.6) is 0 Å². The second-order valence-corrected chi connectivity index (χ2v) is 23.2. The predicted octanol–water partition coefficient (Wildman–Crippen LogP) is 21.2. The zero-order valence-corrected chi connectivity index (χ0v) is 49.6. The molecule has 2 atom stereocenters. The van der Waals surface area contributed by atoms with Crippen LogP contribution in [0.1, 0.15) is 380 Å². The van der Waals surface area contributed by atoms with Gasteiger partial charge >= 0.3 is 5.97 Å². The van der Waals surface area contributed by atoms with E-state index in [0.29, 0.717) is 25.9 Å². The molecular weight excluding hydrogens is 899 g/mol. The summed E-state index contributed by atoms with van der Waals surface area (Å²) in [7, 11) is 0. The van der Waals surface area contributed by atoms with Crippen molar-refractivity contribution < 1.29 is 24.5 Å². The molecule has 0 heterocycles. The molecule has 0 bridgehead atoms. The lowest BCUT2D eigenvalue weighted by atomic mass is 10.0. The minimum absolute atomic E-state index is 0.0111. The topological polar surface area (TPSA) is 95.9 Å². The summed E-state index contributed by atoms with van der Waals surface area (Å²) < 4.78 is 5.47. The van der Waals surface area contributed by atoms with Crippen molar-refractivity contribution in [2.45, 2.75) is 392 Å². The summed E-state index contributed by atoms with van der Waals surface area (Å²) in [5, 5.41) is 23.3. The molecular formula is C67H131NO5. The molecule has 0 aromatic carbocycles. The molecule has 434 valence electrons. The molecule has 0 saturated carbocycles. The van der Waals surface area contributed by atoms with Gasteiger partial charge in [-0.2, -0.15) is 0 Å². The second-order valence-electron chi connectivity index (χ2n) is 23.2. The highest BCUT2D eigenvalue weighted by atomic mass is 16.5. The smallest absolute Gasteiger partial charge is 0.305 e. The summed E-state index contributed by atoms with van der Waals surface area (Å²) in [4.78, 5) is 24.5. The number of hydrogen-bond acceptors (Lipinski definition) is 5. The molecule has 0 aliphatic rings. The molecule has 0 saturated heterocycles. The Morgan fingerprint density at radius 3 is 1.00 bits per heavy atom. The van der Waals surface area contributed by atoms with Crippen molar-refractivity contribution in [1.82, 2.24) is 5.32 Å². The van der Waals surface area contributed by atoms with E-state index >= 15 is 0 Å². The van der Waals surface area contributed by atoms with Crippen LogP contribution in [0.4, 0.5) is 0 Å². The lowest BCUT2D eigenvalue weighted by Gasteiger charge is -2.22. The lowest BCUT2D eigenvalue weighted by molar-refractivity contribution is -0.143. The fourth-order valence-electron chi connectivity index (χ4n) is 10.7. The van der Waals surface area contributed by atoms with Crippen molar-refractivity contribution in [2.24, 2.45) is 0 Å². The number of amides is 1. The number of rotatable bonds is 63. The summed E-state index contributed by atoms with van der Waals surface area (Å²) in [6.07, 6.45) is 76.9. The number of carbonyl (C=O) groups excluding carboxylic acids is 2. The maximum absolute atomic E-state index is 12.5. The van der Waals surface area contributed by atoms with Gasteiger partial charge in [-0.05, 0) is 51.4 Å². The van der Waals surface area contributed by atoms with Gasteiger partial charge in [0, 0.05) is 12.8 Å². The van der Waals surface area contributed by atoms with Gasteiger partial charge in [0.2, 0.25) is 5.91 Å². The summed E-state index contributed by atoms with van der Waals surface area (Å²) in [5.74, 6) is -0.0175. The van der Waals surface area contributed by atoms with E-state index in [1.165, 1.54) is 302 Å². The highest BCUT2D eigenvalue weighted by Gasteiger charge is 2.20. The van der Waals surface area contributed by atoms with Crippen LogP contribution in [0.15, 0.2) is 12.2 Å². The van der Waals surface area contributed by atoms with Gasteiger partial charge in [0.25, 0.3) is 0 Å². The maximum atomic E-state index is 12.5. The molecule has 6 nitrogen and oxygen atoms in total. The Morgan fingerprint density at radius 1 is 0.370 bits per heavy atom. The quantitative estimate of drug-likeness (QED) is 0.0320. The van der Waals surface area contributed by atoms with Gasteiger partial charge < -0.3 is 20.3 Å². The number of unbranched alkanes of at least 4 members (excludes halogenated alkanes) is 50. The first-order valence-corrected chi connectivity index (χ1v) is 33.4. The largest absolute Gasteiger partial charge is 0.466 e. The van der Waals surface area contributed by atoms with Crippen molar-refractivity contribution in [3.05, 3.63) is 12.2 Å². The van der Waals surface area contributed by atoms with Crippen LogP contribution < -0.4 is 5.32 Å². The van der Waals surface area contributed by atoms with Gasteiger partial charge in [0.15, 0.2) is 0 Å². The minimum atomic E-state index is -0.659. The van der Waals surface area contributed by atoms with Crippen LogP contribution >= 0.6 is 0 Å². The van der Waals surface area contributed by atoms with Gasteiger partial charge in [-0.3, -0.25) is 9.59 Å². The third-order valence-electron chi connectivity index (χ3n) is 15.8. The Bertz CT molecular complexity index is 1100. The average molecular weight is 1030 g/mol. The molecule has 1 amide bonds. The number of aliphatic hydroxyl groups is 2. The Kier molecular flexibility index (Phi) is 61.9. The first-order chi connectivity index (χ1) is 36.0. The summed E-state index contributed by atoms with van der Waals surface area (Å²) in [5.41, 5.74) is 0. The molecule has 0 fully saturated rings. The van der Waals surface area contributed by atoms with Gasteiger partial charge in [-0.25, -0.2) is 0 Å². The van der Waals surface area contributed by atoms with Crippen molar-refractivity contribution in [2.75, 3.05) is 13.2 Å². The molecule has 0 aromatic heterocycles. The van der Waals surface area contributed by atoms with Gasteiger partial charge in [0.05, 0.1) is 25.4 Å². The molecule has 0 aliphatic heterocycles. The van der Waals surface area contributed by atoms with Crippen molar-refractivity contribution in [3.8, 4) is 0 Å². The SMILES string of the molecule is CCCCC/C=C\CCCCCCCC(=O)OCCCCCCCCCCCCCCCCCCCCCCCCCCCCCCCCCC(=O)NC(CO)C(O)CCCCCCCCCCCCCCC. The monoisotopic (exact) mass is 1030 g/mol. The molecule has 0 spiro atoms. The average Bonchev–Trinajstić information content (AvgIpc) is 3.39. The molecule has 0 rings (SSSR count). The summed E-state index contributed by atoms with van der Waals surface area (Å²) in [6.45, 7) is 4.95. The highest BCUT2D eigenvalue weighted by molar-refractivity contribution is 5.76. The fourth-order valence-corrected chi connectivity index (χ4v) is 10.7. The van der Waals surface area contributed by atoms with Gasteiger partial charge in [-0.15, -0.1) is 0 Å². The van der Waals surface area contributed by atoms with Crippen molar-refractivity contribution in [3.63, 3.8) is 0 Å². The van der Waals surface area contributed by atoms with Crippen molar-refractivity contribution >= 4 is 11.9 Å². The molecule has 0 radical (unpaired) electrons. The number of aliphatic hydroxyl groups excluding tert-OH is 2. The molecule has 0 aromatic rings. The number of allylic oxidation sites excluding steroid dienone is 2. The Labute approximate surface area is 457 Å². The van der Waals surface area contributed by atoms with E-state index in [0.717, 1.165) is 44.9 Å². The summed E-state index contributed by atoms with van der Waals surface area (Å²) in [6, 6.07) is -0.536. The zero-order chi connectivity index (χ0) is 52.9. The summed E-state index contributed by atoms with van der Waals surface area (Å²) >= 11 is 0. The first-order valence-electron chi connectivity index (χ1n) is 33.4. The van der Waals surface area contributed by atoms with Gasteiger partial charge in [0.1, 0.15) is 0 Å². The van der Waals surface area contributed by atoms with Crippen LogP contribution in [0.3, 0.4) is 0 Å². The van der Waals surface area contributed by atoms with E-state index in [9.17, 15) is 19.8 Å². The standard InChI is InChI=1S/C67H131NO5/c1-3-5-7-9-11-13-15-36-39-43-47-51-55-59-65(70)64(63-69)68-66(71)60-56-52-48-44-40-37-34-32-30-28-26-24-22-20-18-17-19-21-23-25-27-29-31-33-35-38-42-46-50-54-58-62-73-67(72)61-57-53-49-45-41-16-14-12-10-8-6-4-2/h12,14,64-65,69-70H,3-11,13,15-63H2,1-2H3,(H,68,71)/b14-12-. The first kappa shape index (κ1) is 71.6. The van der Waals surface area contributed by atoms with E-state index in [1.807, 2.05) is 0 Å². The molecule has 73 heavy (non-hydrogen) atoms. The van der Waals surface area contributed by atoms with Gasteiger partial charge in [-0.1, -0.05) is 328 Å². The van der Waals surface area contributed by atoms with Crippen LogP contribution in [0, 0.1) is 0 Å². The number of nitrogens with one attached hydrogen (secondary N) is 1. The third-order valence-corrected chi connectivity index (χ3v) is 15.8. The van der Waals surface area contributed by atoms with Crippen LogP contribution in [0.25, 0.3) is 0 Å². The fraction of sp³-hybridized carbons (Fsp3) is 0.940. The molecule has 6 heteroatoms. The Morgan fingerprint density at radius 2 is 0.644 bits per heavy atom. The van der Waals surface area contributed by atoms with E-state index in [1.54, 1.807) is 0 Å². The normalized spacial score (nSPS) is 12.5. The minimum Gasteiger partial charge on any atom is -0.466 e. The molecule has 0 aliphatic carbocycles. The van der Waals surface area contributed by atoms with E-state index < -0.39 is 12.1 Å². The Hall–Kier alpha value is -1.40. The lowest BCUT2D eigenvalue weighted by Crippen LogP contribution is -2.45. The van der Waals surface area contributed by atoms with Crippen LogP contribution in [0.2, 0.25) is 0 Å². The van der Waals surface area contributed by atoms with E-state index in [-0.39, 0.29) is 18.5 Å².